The number of aromatic nitrogens is 2. The molecular weight excluding hydrogens is 124 g/mol. The van der Waals surface area contributed by atoms with Gasteiger partial charge in [0.15, 0.2) is 0 Å². The maximum atomic E-state index is 4.17. The third-order valence-electron chi connectivity index (χ3n) is 1.31. The van der Waals surface area contributed by atoms with Gasteiger partial charge in [-0.05, 0) is 18.4 Å². The molecule has 0 aromatic carbocycles. The van der Waals surface area contributed by atoms with Crippen LogP contribution in [0.5, 0.6) is 0 Å². The van der Waals surface area contributed by atoms with Gasteiger partial charge < -0.3 is 0 Å². The summed E-state index contributed by atoms with van der Waals surface area (Å²) in [5, 5.41) is 4.17. The monoisotopic (exact) mass is 138 g/mol. The van der Waals surface area contributed by atoms with Crippen LogP contribution in [0.15, 0.2) is 12.4 Å². The van der Waals surface area contributed by atoms with Crippen molar-refractivity contribution in [3.05, 3.63) is 18.0 Å². The molecule has 0 bridgehead atoms. The van der Waals surface area contributed by atoms with Gasteiger partial charge in [-0.15, -0.1) is 0 Å². The second kappa shape index (κ2) is 2.86. The summed E-state index contributed by atoms with van der Waals surface area (Å²) in [5.74, 6) is 0.680. The summed E-state index contributed by atoms with van der Waals surface area (Å²) in [6.07, 6.45) is 3.96. The van der Waals surface area contributed by atoms with Crippen LogP contribution >= 0.6 is 0 Å². The summed E-state index contributed by atoms with van der Waals surface area (Å²) in [5.41, 5.74) is 1.24. The summed E-state index contributed by atoms with van der Waals surface area (Å²) < 4.78 is 1.99. The van der Waals surface area contributed by atoms with E-state index in [1.165, 1.54) is 5.56 Å². The van der Waals surface area contributed by atoms with Gasteiger partial charge in [-0.2, -0.15) is 5.10 Å². The molecule has 0 spiro atoms. The van der Waals surface area contributed by atoms with E-state index in [1.807, 2.05) is 10.9 Å². The van der Waals surface area contributed by atoms with E-state index >= 15 is 0 Å². The molecule has 0 aliphatic heterocycles. The van der Waals surface area contributed by atoms with Crippen LogP contribution in [0.4, 0.5) is 0 Å². The second-order valence-corrected chi connectivity index (χ2v) is 3.13. The largest absolute Gasteiger partial charge is 0.272 e. The van der Waals surface area contributed by atoms with E-state index in [0.29, 0.717) is 5.92 Å². The first kappa shape index (κ1) is 7.32. The smallest absolute Gasteiger partial charge is 0.0518 e. The molecule has 0 amide bonds. The Kier molecular flexibility index (Phi) is 2.10. The van der Waals surface area contributed by atoms with Crippen LogP contribution in [0, 0.1) is 12.8 Å². The molecule has 0 N–H and O–H groups in total. The molecule has 0 unspecified atom stereocenters. The first-order chi connectivity index (χ1) is 4.68. The Morgan fingerprint density at radius 2 is 2.30 bits per heavy atom. The lowest BCUT2D eigenvalue weighted by molar-refractivity contribution is 0.483. The van der Waals surface area contributed by atoms with Gasteiger partial charge in [0.05, 0.1) is 6.20 Å². The molecule has 0 saturated carbocycles. The van der Waals surface area contributed by atoms with Crippen molar-refractivity contribution in [2.45, 2.75) is 27.3 Å². The number of aryl methyl sites for hydroxylation is 1. The highest BCUT2D eigenvalue weighted by Gasteiger charge is 1.96. The predicted molar refractivity (Wildman–Crippen MR) is 41.8 cm³/mol. The highest BCUT2D eigenvalue weighted by atomic mass is 15.3. The second-order valence-electron chi connectivity index (χ2n) is 3.13. The first-order valence-electron chi connectivity index (χ1n) is 3.67. The number of rotatable bonds is 2. The topological polar surface area (TPSA) is 17.8 Å². The standard InChI is InChI=1S/C8H14N2/c1-7(2)5-10-6-8(3)4-9-10/h4,6-7H,5H2,1-3H3. The zero-order valence-electron chi connectivity index (χ0n) is 6.83. The van der Waals surface area contributed by atoms with Crippen LogP contribution in [-0.4, -0.2) is 9.78 Å². The normalized spacial score (nSPS) is 10.8. The number of hydrogen-bond acceptors (Lipinski definition) is 1. The molecule has 1 aromatic rings. The Bertz CT molecular complexity index is 201. The van der Waals surface area contributed by atoms with Crippen LogP contribution in [-0.2, 0) is 6.54 Å². The Morgan fingerprint density at radius 3 is 2.70 bits per heavy atom. The summed E-state index contributed by atoms with van der Waals surface area (Å²) in [7, 11) is 0. The van der Waals surface area contributed by atoms with Gasteiger partial charge in [0.1, 0.15) is 0 Å². The minimum Gasteiger partial charge on any atom is -0.272 e. The Balaban J connectivity index is 2.58. The van der Waals surface area contributed by atoms with Crippen LogP contribution in [0.2, 0.25) is 0 Å². The average Bonchev–Trinajstić information content (AvgIpc) is 2.13. The van der Waals surface area contributed by atoms with Crippen molar-refractivity contribution >= 4 is 0 Å². The fourth-order valence-corrected chi connectivity index (χ4v) is 0.941. The lowest BCUT2D eigenvalue weighted by atomic mass is 10.2. The predicted octanol–water partition coefficient (Wildman–Crippen LogP) is 1.85. The van der Waals surface area contributed by atoms with Crippen molar-refractivity contribution in [3.63, 3.8) is 0 Å². The van der Waals surface area contributed by atoms with Crippen molar-refractivity contribution in [1.29, 1.82) is 0 Å². The molecule has 0 radical (unpaired) electrons. The number of hydrogen-bond donors (Lipinski definition) is 0. The molecule has 56 valence electrons. The molecule has 10 heavy (non-hydrogen) atoms. The molecule has 0 fully saturated rings. The van der Waals surface area contributed by atoms with Crippen LogP contribution in [0.1, 0.15) is 19.4 Å². The molecule has 1 rings (SSSR count). The van der Waals surface area contributed by atoms with E-state index < -0.39 is 0 Å². The van der Waals surface area contributed by atoms with E-state index in [4.69, 9.17) is 0 Å². The van der Waals surface area contributed by atoms with Crippen LogP contribution in [0.25, 0.3) is 0 Å². The molecule has 0 aliphatic carbocycles. The lowest BCUT2D eigenvalue weighted by Gasteiger charge is -2.02. The van der Waals surface area contributed by atoms with Crippen molar-refractivity contribution in [2.24, 2.45) is 5.92 Å². The van der Waals surface area contributed by atoms with E-state index in [2.05, 4.69) is 32.1 Å². The zero-order chi connectivity index (χ0) is 7.56. The van der Waals surface area contributed by atoms with E-state index in [1.54, 1.807) is 0 Å². The summed E-state index contributed by atoms with van der Waals surface area (Å²) in [6, 6.07) is 0. The SMILES string of the molecule is Cc1cnn(CC(C)C)c1. The first-order valence-corrected chi connectivity index (χ1v) is 3.67. The quantitative estimate of drug-likeness (QED) is 0.609. The molecule has 0 saturated heterocycles. The molecule has 0 aliphatic rings. The summed E-state index contributed by atoms with van der Waals surface area (Å²) in [6.45, 7) is 7.46. The van der Waals surface area contributed by atoms with Crippen molar-refractivity contribution in [2.75, 3.05) is 0 Å². The number of nitrogens with zero attached hydrogens (tertiary/aromatic N) is 2. The Hall–Kier alpha value is -0.790. The third kappa shape index (κ3) is 1.87. The van der Waals surface area contributed by atoms with Crippen molar-refractivity contribution in [1.82, 2.24) is 9.78 Å². The van der Waals surface area contributed by atoms with Gasteiger partial charge in [0, 0.05) is 12.7 Å². The molecule has 2 nitrogen and oxygen atoms in total. The van der Waals surface area contributed by atoms with Gasteiger partial charge in [-0.25, -0.2) is 0 Å². The van der Waals surface area contributed by atoms with Crippen LogP contribution in [0.3, 0.4) is 0 Å². The van der Waals surface area contributed by atoms with Gasteiger partial charge >= 0.3 is 0 Å². The highest BCUT2D eigenvalue weighted by Crippen LogP contribution is 1.99. The molecule has 1 aromatic heterocycles. The fraction of sp³-hybridized carbons (Fsp3) is 0.625. The Morgan fingerprint density at radius 1 is 1.60 bits per heavy atom. The van der Waals surface area contributed by atoms with Gasteiger partial charge in [-0.1, -0.05) is 13.8 Å². The average molecular weight is 138 g/mol. The minimum absolute atomic E-state index is 0.680. The molecular formula is C8H14N2. The third-order valence-corrected chi connectivity index (χ3v) is 1.31. The minimum atomic E-state index is 0.680. The van der Waals surface area contributed by atoms with Crippen molar-refractivity contribution < 1.29 is 0 Å². The van der Waals surface area contributed by atoms with E-state index in [0.717, 1.165) is 6.54 Å². The van der Waals surface area contributed by atoms with Gasteiger partial charge in [0.2, 0.25) is 0 Å². The zero-order valence-corrected chi connectivity index (χ0v) is 6.83. The van der Waals surface area contributed by atoms with Gasteiger partial charge in [-0.3, -0.25) is 4.68 Å². The molecule has 0 atom stereocenters. The molecule has 2 heteroatoms. The fourth-order valence-electron chi connectivity index (χ4n) is 0.941. The lowest BCUT2D eigenvalue weighted by Crippen LogP contribution is -2.03. The maximum absolute atomic E-state index is 4.17. The van der Waals surface area contributed by atoms with E-state index in [-0.39, 0.29) is 0 Å². The summed E-state index contributed by atoms with van der Waals surface area (Å²) >= 11 is 0. The maximum Gasteiger partial charge on any atom is 0.0518 e. The van der Waals surface area contributed by atoms with Crippen molar-refractivity contribution in [3.8, 4) is 0 Å². The van der Waals surface area contributed by atoms with Crippen LogP contribution < -0.4 is 0 Å². The highest BCUT2D eigenvalue weighted by molar-refractivity contribution is 4.99. The van der Waals surface area contributed by atoms with Gasteiger partial charge in [0.25, 0.3) is 0 Å². The Labute approximate surface area is 61.9 Å². The molecule has 1 heterocycles. The summed E-state index contributed by atoms with van der Waals surface area (Å²) in [4.78, 5) is 0. The van der Waals surface area contributed by atoms with E-state index in [9.17, 15) is 0 Å².